The van der Waals surface area contributed by atoms with Gasteiger partial charge in [0.05, 0.1) is 12.2 Å². The molecule has 2 N–H and O–H groups in total. The molecular weight excluding hydrogens is 339 g/mol. The summed E-state index contributed by atoms with van der Waals surface area (Å²) in [6.07, 6.45) is 0. The Morgan fingerprint density at radius 3 is 2.58 bits per heavy atom. The van der Waals surface area contributed by atoms with E-state index >= 15 is 0 Å². The topological polar surface area (TPSA) is 78.9 Å². The number of hydrogen-bond acceptors (Lipinski definition) is 5. The van der Waals surface area contributed by atoms with Crippen LogP contribution in [0.4, 0.5) is 10.1 Å². The first-order chi connectivity index (χ1) is 12.5. The van der Waals surface area contributed by atoms with Crippen LogP contribution in [0.25, 0.3) is 0 Å². The third-order valence-corrected chi connectivity index (χ3v) is 3.69. The van der Waals surface area contributed by atoms with Gasteiger partial charge in [0.15, 0.2) is 6.61 Å². The molecule has 2 aromatic carbocycles. The molecule has 0 atom stereocenters. The van der Waals surface area contributed by atoms with Crippen LogP contribution in [0.15, 0.2) is 48.5 Å². The highest BCUT2D eigenvalue weighted by atomic mass is 19.1. The molecule has 0 aliphatic carbocycles. The normalized spacial score (nSPS) is 10.3. The number of anilines is 1. The van der Waals surface area contributed by atoms with Gasteiger partial charge in [-0.25, -0.2) is 9.18 Å². The Morgan fingerprint density at radius 1 is 1.15 bits per heavy atom. The van der Waals surface area contributed by atoms with E-state index in [1.54, 1.807) is 42.5 Å². The van der Waals surface area contributed by atoms with Crippen molar-refractivity contribution in [1.29, 1.82) is 0 Å². The third kappa shape index (κ3) is 5.29. The number of aliphatic hydroxyl groups excluding tert-OH is 1. The standard InChI is InChI=1S/C19H21FN2O4/c1-22(12-14-6-2-4-8-16(14)20)18(24)13-26-19(25)15-7-3-5-9-17(15)21-10-11-23/h2-9,21,23H,10-13H2,1H3. The average Bonchev–Trinajstić information content (AvgIpc) is 2.66. The van der Waals surface area contributed by atoms with Gasteiger partial charge < -0.3 is 20.1 Å². The van der Waals surface area contributed by atoms with Crippen LogP contribution in [0.5, 0.6) is 0 Å². The lowest BCUT2D eigenvalue weighted by molar-refractivity contribution is -0.133. The van der Waals surface area contributed by atoms with Crippen molar-refractivity contribution in [2.24, 2.45) is 0 Å². The first-order valence-corrected chi connectivity index (χ1v) is 8.11. The maximum atomic E-state index is 13.6. The average molecular weight is 360 g/mol. The van der Waals surface area contributed by atoms with Gasteiger partial charge in [-0.1, -0.05) is 30.3 Å². The molecule has 0 bridgehead atoms. The number of carbonyl (C=O) groups is 2. The fraction of sp³-hybridized carbons (Fsp3) is 0.263. The zero-order valence-corrected chi connectivity index (χ0v) is 14.4. The van der Waals surface area contributed by atoms with Gasteiger partial charge >= 0.3 is 5.97 Å². The number of rotatable bonds is 8. The molecule has 2 aromatic rings. The smallest absolute Gasteiger partial charge is 0.340 e. The summed E-state index contributed by atoms with van der Waals surface area (Å²) in [7, 11) is 1.51. The molecule has 0 spiro atoms. The fourth-order valence-corrected chi connectivity index (χ4v) is 2.29. The predicted molar refractivity (Wildman–Crippen MR) is 95.2 cm³/mol. The molecule has 0 aromatic heterocycles. The molecule has 0 fully saturated rings. The van der Waals surface area contributed by atoms with Crippen LogP contribution in [-0.4, -0.2) is 48.7 Å². The SMILES string of the molecule is CN(Cc1ccccc1F)C(=O)COC(=O)c1ccccc1NCCO. The van der Waals surface area contributed by atoms with Crippen LogP contribution in [-0.2, 0) is 16.1 Å². The highest BCUT2D eigenvalue weighted by Crippen LogP contribution is 2.16. The molecule has 7 heteroatoms. The predicted octanol–water partition coefficient (Wildman–Crippen LogP) is 2.05. The highest BCUT2D eigenvalue weighted by molar-refractivity contribution is 5.96. The zero-order valence-electron chi connectivity index (χ0n) is 14.4. The van der Waals surface area contributed by atoms with Crippen molar-refractivity contribution in [2.45, 2.75) is 6.54 Å². The summed E-state index contributed by atoms with van der Waals surface area (Å²) in [4.78, 5) is 25.6. The first kappa shape index (κ1) is 19.4. The van der Waals surface area contributed by atoms with Gasteiger partial charge in [0.1, 0.15) is 5.82 Å². The molecule has 1 amide bonds. The van der Waals surface area contributed by atoms with E-state index in [0.29, 0.717) is 11.3 Å². The lowest BCUT2D eigenvalue weighted by Gasteiger charge is -2.18. The van der Waals surface area contributed by atoms with Crippen molar-refractivity contribution >= 4 is 17.6 Å². The number of para-hydroxylation sites is 1. The molecule has 138 valence electrons. The molecule has 0 aliphatic rings. The van der Waals surface area contributed by atoms with E-state index in [9.17, 15) is 14.0 Å². The lowest BCUT2D eigenvalue weighted by Crippen LogP contribution is -2.31. The summed E-state index contributed by atoms with van der Waals surface area (Å²) < 4.78 is 18.7. The van der Waals surface area contributed by atoms with Crippen LogP contribution in [0.1, 0.15) is 15.9 Å². The molecule has 0 saturated carbocycles. The Balaban J connectivity index is 1.92. The van der Waals surface area contributed by atoms with E-state index in [0.717, 1.165) is 0 Å². The van der Waals surface area contributed by atoms with E-state index in [1.165, 1.54) is 18.0 Å². The minimum atomic E-state index is -0.654. The van der Waals surface area contributed by atoms with Crippen molar-refractivity contribution < 1.29 is 23.8 Å². The summed E-state index contributed by atoms with van der Waals surface area (Å²) in [5.41, 5.74) is 1.16. The summed E-state index contributed by atoms with van der Waals surface area (Å²) in [6, 6.07) is 12.8. The quantitative estimate of drug-likeness (QED) is 0.705. The van der Waals surface area contributed by atoms with Gasteiger partial charge in [0.2, 0.25) is 0 Å². The second-order valence-electron chi connectivity index (χ2n) is 5.61. The van der Waals surface area contributed by atoms with Gasteiger partial charge in [-0.2, -0.15) is 0 Å². The maximum absolute atomic E-state index is 13.6. The van der Waals surface area contributed by atoms with Crippen molar-refractivity contribution in [3.05, 3.63) is 65.5 Å². The highest BCUT2D eigenvalue weighted by Gasteiger charge is 2.17. The zero-order chi connectivity index (χ0) is 18.9. The number of halogens is 1. The minimum Gasteiger partial charge on any atom is -0.452 e. The van der Waals surface area contributed by atoms with E-state index in [-0.39, 0.29) is 25.3 Å². The first-order valence-electron chi connectivity index (χ1n) is 8.11. The summed E-state index contributed by atoms with van der Waals surface area (Å²) in [5, 5.41) is 11.8. The second-order valence-corrected chi connectivity index (χ2v) is 5.61. The van der Waals surface area contributed by atoms with Gasteiger partial charge in [-0.3, -0.25) is 4.79 Å². The maximum Gasteiger partial charge on any atom is 0.340 e. The Morgan fingerprint density at radius 2 is 1.85 bits per heavy atom. The van der Waals surface area contributed by atoms with E-state index in [2.05, 4.69) is 5.32 Å². The number of hydrogen-bond donors (Lipinski definition) is 2. The monoisotopic (exact) mass is 360 g/mol. The number of aliphatic hydroxyl groups is 1. The summed E-state index contributed by atoms with van der Waals surface area (Å²) >= 11 is 0. The Kier molecular flexibility index (Phi) is 7.11. The molecule has 0 aliphatic heterocycles. The second kappa shape index (κ2) is 9.53. The van der Waals surface area contributed by atoms with Crippen molar-refractivity contribution in [1.82, 2.24) is 4.90 Å². The largest absolute Gasteiger partial charge is 0.452 e. The number of benzene rings is 2. The number of amides is 1. The van der Waals surface area contributed by atoms with Crippen LogP contribution >= 0.6 is 0 Å². The Hall–Kier alpha value is -2.93. The molecule has 0 unspecified atom stereocenters. The van der Waals surface area contributed by atoms with E-state index in [4.69, 9.17) is 9.84 Å². The number of likely N-dealkylation sites (N-methyl/N-ethyl adjacent to an activating group) is 1. The van der Waals surface area contributed by atoms with Gasteiger partial charge in [0, 0.05) is 31.4 Å². The number of carbonyl (C=O) groups excluding carboxylic acids is 2. The number of esters is 1. The van der Waals surface area contributed by atoms with E-state index < -0.39 is 24.3 Å². The molecule has 26 heavy (non-hydrogen) atoms. The fourth-order valence-electron chi connectivity index (χ4n) is 2.29. The van der Waals surface area contributed by atoms with Crippen LogP contribution < -0.4 is 5.32 Å². The molecule has 2 rings (SSSR count). The van der Waals surface area contributed by atoms with Crippen LogP contribution in [0, 0.1) is 5.82 Å². The van der Waals surface area contributed by atoms with Crippen LogP contribution in [0.2, 0.25) is 0 Å². The third-order valence-electron chi connectivity index (χ3n) is 3.69. The van der Waals surface area contributed by atoms with Crippen molar-refractivity contribution in [2.75, 3.05) is 32.1 Å². The number of ether oxygens (including phenoxy) is 1. The Bertz CT molecular complexity index is 767. The lowest BCUT2D eigenvalue weighted by atomic mass is 10.2. The van der Waals surface area contributed by atoms with Crippen molar-refractivity contribution in [3.8, 4) is 0 Å². The van der Waals surface area contributed by atoms with E-state index in [1.807, 2.05) is 0 Å². The number of nitrogens with one attached hydrogen (secondary N) is 1. The van der Waals surface area contributed by atoms with Gasteiger partial charge in [0.25, 0.3) is 5.91 Å². The van der Waals surface area contributed by atoms with Gasteiger partial charge in [-0.05, 0) is 18.2 Å². The molecule has 0 heterocycles. The van der Waals surface area contributed by atoms with Gasteiger partial charge in [-0.15, -0.1) is 0 Å². The Labute approximate surface area is 151 Å². The van der Waals surface area contributed by atoms with Crippen LogP contribution in [0.3, 0.4) is 0 Å². The summed E-state index contributed by atoms with van der Waals surface area (Å²) in [5.74, 6) is -1.49. The molecule has 6 nitrogen and oxygen atoms in total. The number of nitrogens with zero attached hydrogens (tertiary/aromatic N) is 1. The molecule has 0 radical (unpaired) electrons. The summed E-state index contributed by atoms with van der Waals surface area (Å²) in [6.45, 7) is -0.160. The van der Waals surface area contributed by atoms with Crippen molar-refractivity contribution in [3.63, 3.8) is 0 Å². The molecule has 0 saturated heterocycles. The molecular formula is C19H21FN2O4. The minimum absolute atomic E-state index is 0.0806.